The van der Waals surface area contributed by atoms with E-state index in [-0.39, 0.29) is 18.9 Å². The number of ether oxygens (including phenoxy) is 6. The van der Waals surface area contributed by atoms with Crippen molar-refractivity contribution in [1.29, 1.82) is 0 Å². The summed E-state index contributed by atoms with van der Waals surface area (Å²) in [6.07, 6.45) is 55.5. The van der Waals surface area contributed by atoms with Gasteiger partial charge in [0.05, 0.1) is 38.6 Å². The first-order chi connectivity index (χ1) is 49.8. The molecule has 3 aliphatic heterocycles. The van der Waals surface area contributed by atoms with Gasteiger partial charge in [0, 0.05) is 6.42 Å². The molecule has 0 aromatic carbocycles. The number of carbonyl (C=O) groups is 1. The first-order valence-electron chi connectivity index (χ1n) is 41.2. The van der Waals surface area contributed by atoms with E-state index < -0.39 is 124 Å². The maximum absolute atomic E-state index is 13.5. The van der Waals surface area contributed by atoms with Gasteiger partial charge in [-0.1, -0.05) is 318 Å². The summed E-state index contributed by atoms with van der Waals surface area (Å²) in [7, 11) is 0. The van der Waals surface area contributed by atoms with Crippen molar-refractivity contribution in [3.8, 4) is 0 Å². The van der Waals surface area contributed by atoms with Crippen LogP contribution in [0.25, 0.3) is 0 Å². The van der Waals surface area contributed by atoms with Crippen LogP contribution in [0, 0.1) is 0 Å². The minimum absolute atomic E-state index is 0.246. The van der Waals surface area contributed by atoms with Gasteiger partial charge in [0.25, 0.3) is 0 Å². The lowest BCUT2D eigenvalue weighted by atomic mass is 9.96. The van der Waals surface area contributed by atoms with Crippen LogP contribution in [0.5, 0.6) is 0 Å². The van der Waals surface area contributed by atoms with Gasteiger partial charge in [-0.25, -0.2) is 0 Å². The highest BCUT2D eigenvalue weighted by Gasteiger charge is 2.54. The number of nitrogens with one attached hydrogen (secondary N) is 1. The average molecular weight is 1450 g/mol. The van der Waals surface area contributed by atoms with E-state index in [9.17, 15) is 61.0 Å². The molecule has 0 saturated carbocycles. The number of hydrogen-bond donors (Lipinski definition) is 12. The van der Waals surface area contributed by atoms with Gasteiger partial charge in [0.15, 0.2) is 18.9 Å². The molecule has 17 unspecified atom stereocenters. The molecule has 0 aromatic rings. The maximum Gasteiger partial charge on any atom is 0.220 e. The molecular formula is C83H149NO18. The summed E-state index contributed by atoms with van der Waals surface area (Å²) in [5.74, 6) is -0.246. The normalized spacial score (nSPS) is 26.5. The molecule has 0 spiro atoms. The Morgan fingerprint density at radius 2 is 0.676 bits per heavy atom. The molecule has 12 N–H and O–H groups in total. The van der Waals surface area contributed by atoms with Crippen LogP contribution < -0.4 is 5.32 Å². The van der Waals surface area contributed by atoms with Gasteiger partial charge in [-0.05, 0) is 64.2 Å². The van der Waals surface area contributed by atoms with Crippen LogP contribution in [0.4, 0.5) is 0 Å². The quantitative estimate of drug-likeness (QED) is 0.0199. The zero-order valence-corrected chi connectivity index (χ0v) is 63.6. The molecule has 3 aliphatic rings. The minimum atomic E-state index is -1.98. The molecule has 19 nitrogen and oxygen atoms in total. The summed E-state index contributed by atoms with van der Waals surface area (Å²) in [5, 5.41) is 121. The molecule has 19 heteroatoms. The van der Waals surface area contributed by atoms with E-state index in [1.165, 1.54) is 186 Å². The molecule has 0 bridgehead atoms. The lowest BCUT2D eigenvalue weighted by molar-refractivity contribution is -0.379. The number of unbranched alkanes of at least 4 members (excludes halogenated alkanes) is 37. The van der Waals surface area contributed by atoms with Crippen molar-refractivity contribution < 1.29 is 89.4 Å². The minimum Gasteiger partial charge on any atom is -0.394 e. The summed E-state index contributed by atoms with van der Waals surface area (Å²) in [6.45, 7) is 1.72. The Kier molecular flexibility index (Phi) is 57.9. The lowest BCUT2D eigenvalue weighted by Gasteiger charge is -2.48. The average Bonchev–Trinajstić information content (AvgIpc) is 0.766. The zero-order chi connectivity index (χ0) is 73.9. The summed E-state index contributed by atoms with van der Waals surface area (Å²) >= 11 is 0. The van der Waals surface area contributed by atoms with Crippen LogP contribution in [0.15, 0.2) is 72.9 Å². The molecule has 0 radical (unpaired) electrons. The summed E-state index contributed by atoms with van der Waals surface area (Å²) in [5.41, 5.74) is 0. The Labute approximate surface area is 617 Å². The Balaban J connectivity index is 1.37. The van der Waals surface area contributed by atoms with Gasteiger partial charge in [0.2, 0.25) is 5.91 Å². The molecular weight excluding hydrogens is 1300 g/mol. The van der Waals surface area contributed by atoms with Gasteiger partial charge in [-0.2, -0.15) is 0 Å². The van der Waals surface area contributed by atoms with Gasteiger partial charge in [-0.15, -0.1) is 0 Å². The predicted octanol–water partition coefficient (Wildman–Crippen LogP) is 14.0. The maximum atomic E-state index is 13.5. The molecule has 0 aliphatic carbocycles. The van der Waals surface area contributed by atoms with Crippen molar-refractivity contribution in [3.63, 3.8) is 0 Å². The Bertz CT molecular complexity index is 2120. The largest absolute Gasteiger partial charge is 0.394 e. The second-order valence-electron chi connectivity index (χ2n) is 29.2. The monoisotopic (exact) mass is 1450 g/mol. The van der Waals surface area contributed by atoms with Crippen LogP contribution in [0.3, 0.4) is 0 Å². The van der Waals surface area contributed by atoms with Crippen molar-refractivity contribution in [1.82, 2.24) is 5.32 Å². The van der Waals surface area contributed by atoms with E-state index >= 15 is 0 Å². The van der Waals surface area contributed by atoms with Crippen LogP contribution in [0.1, 0.15) is 316 Å². The number of aliphatic hydroxyl groups is 11. The molecule has 3 fully saturated rings. The highest BCUT2D eigenvalue weighted by Crippen LogP contribution is 2.33. The predicted molar refractivity (Wildman–Crippen MR) is 406 cm³/mol. The van der Waals surface area contributed by atoms with Crippen molar-refractivity contribution in [2.45, 2.75) is 420 Å². The number of amides is 1. The molecule has 102 heavy (non-hydrogen) atoms. The fourth-order valence-electron chi connectivity index (χ4n) is 13.7. The van der Waals surface area contributed by atoms with E-state index in [0.29, 0.717) is 12.8 Å². The highest BCUT2D eigenvalue weighted by atomic mass is 16.8. The number of rotatable bonds is 65. The van der Waals surface area contributed by atoms with Gasteiger partial charge in [-0.3, -0.25) is 4.79 Å². The topological polar surface area (TPSA) is 307 Å². The number of allylic oxidation sites excluding steroid dienone is 12. The molecule has 3 saturated heterocycles. The Morgan fingerprint density at radius 1 is 0.363 bits per heavy atom. The summed E-state index contributed by atoms with van der Waals surface area (Å²) in [6, 6.07) is -0.896. The molecule has 0 aromatic heterocycles. The van der Waals surface area contributed by atoms with Crippen LogP contribution in [-0.2, 0) is 33.2 Å². The van der Waals surface area contributed by atoms with E-state index in [2.05, 4.69) is 92.1 Å². The second kappa shape index (κ2) is 63.2. The molecule has 3 heterocycles. The first-order valence-corrected chi connectivity index (χ1v) is 41.2. The molecule has 1 amide bonds. The Hall–Kier alpha value is -2.77. The van der Waals surface area contributed by atoms with Gasteiger partial charge >= 0.3 is 0 Å². The Morgan fingerprint density at radius 3 is 1.06 bits per heavy atom. The van der Waals surface area contributed by atoms with Crippen molar-refractivity contribution in [2.24, 2.45) is 0 Å². The van der Waals surface area contributed by atoms with Gasteiger partial charge < -0.3 is 89.9 Å². The number of hydrogen-bond acceptors (Lipinski definition) is 18. The molecule has 3 rings (SSSR count). The number of aliphatic hydroxyl groups excluding tert-OH is 11. The van der Waals surface area contributed by atoms with Gasteiger partial charge in [0.1, 0.15) is 73.2 Å². The fourth-order valence-corrected chi connectivity index (χ4v) is 13.7. The van der Waals surface area contributed by atoms with E-state index in [0.717, 1.165) is 96.3 Å². The van der Waals surface area contributed by atoms with E-state index in [4.69, 9.17) is 28.4 Å². The lowest BCUT2D eigenvalue weighted by Crippen LogP contribution is -2.66. The van der Waals surface area contributed by atoms with Crippen molar-refractivity contribution in [3.05, 3.63) is 72.9 Å². The third kappa shape index (κ3) is 42.7. The SMILES string of the molecule is CC/C=C\C/C=C\C/C=C\C/C=C\C/C=C\C/C=C\CCCCCCCCCCCCC(=O)NC(COC1OC(CO)C(OC2OC(CO)C(OC3OC(CO)C(O)C(O)C3O)C(O)C2O)C(O)C1O)C(O)CCCCCCCCCCCCCCCCCCCCCCCCCCCCCC. The molecule has 594 valence electrons. The molecule has 17 atom stereocenters. The van der Waals surface area contributed by atoms with Crippen LogP contribution in [0.2, 0.25) is 0 Å². The summed E-state index contributed by atoms with van der Waals surface area (Å²) < 4.78 is 34.5. The second-order valence-corrected chi connectivity index (χ2v) is 29.2. The van der Waals surface area contributed by atoms with Crippen LogP contribution in [-0.4, -0.2) is 193 Å². The van der Waals surface area contributed by atoms with Crippen molar-refractivity contribution in [2.75, 3.05) is 26.4 Å². The first kappa shape index (κ1) is 93.4. The third-order valence-corrected chi connectivity index (χ3v) is 20.3. The van der Waals surface area contributed by atoms with E-state index in [1.54, 1.807) is 0 Å². The fraction of sp³-hybridized carbons (Fsp3) is 0.843. The zero-order valence-electron chi connectivity index (χ0n) is 63.6. The van der Waals surface area contributed by atoms with Crippen LogP contribution >= 0.6 is 0 Å². The summed E-state index contributed by atoms with van der Waals surface area (Å²) in [4.78, 5) is 13.5. The van der Waals surface area contributed by atoms with Crippen molar-refractivity contribution >= 4 is 5.91 Å². The number of carbonyl (C=O) groups excluding carboxylic acids is 1. The highest BCUT2D eigenvalue weighted by molar-refractivity contribution is 5.76. The smallest absolute Gasteiger partial charge is 0.220 e. The third-order valence-electron chi connectivity index (χ3n) is 20.3. The standard InChI is InChI=1S/C83H149NO18/c1-3-5-7-9-11-13-15-17-19-21-23-25-27-29-31-33-35-37-39-41-43-45-47-49-51-53-55-57-59-61-71(89)84-66(67(88)60-58-56-54-52-50-48-46-44-42-40-38-36-34-32-30-28-26-24-22-20-18-16-14-12-10-8-6-4-2)65-97-81-77(95)74(92)79(69(63-86)99-81)102-83-78(96)75(93)80(70(64-87)100-83)101-82-76(94)73(91)72(90)68(62-85)98-82/h5,7,11,13,17,19,23,25,29,31,35,37,66-70,72-83,85-88,90-96H,3-4,6,8-10,12,14-16,18,20-22,24,26-28,30,32-34,36,38-65H2,1-2H3,(H,84,89)/b7-5-,13-11-,19-17-,25-23-,31-29-,37-35-. The van der Waals surface area contributed by atoms with E-state index in [1.807, 2.05) is 0 Å².